The van der Waals surface area contributed by atoms with E-state index in [0.29, 0.717) is 0 Å². The molecule has 88 valence electrons. The topological polar surface area (TPSA) is 68.2 Å². The highest BCUT2D eigenvalue weighted by Gasteiger charge is 2.63. The number of hydrogen-bond acceptors (Lipinski definition) is 5. The van der Waals surface area contributed by atoms with Crippen LogP contribution in [-0.2, 0) is 14.2 Å². The van der Waals surface area contributed by atoms with Gasteiger partial charge in [0.15, 0.2) is 17.7 Å². The molecule has 0 saturated carbocycles. The van der Waals surface area contributed by atoms with Gasteiger partial charge in [0, 0.05) is 0 Å². The summed E-state index contributed by atoms with van der Waals surface area (Å²) in [5.74, 6) is -0.904. The van der Waals surface area contributed by atoms with Gasteiger partial charge >= 0.3 is 0 Å². The number of rotatable bonds is 2. The molecule has 2 heterocycles. The first-order valence-electron chi connectivity index (χ1n) is 4.83. The molecule has 2 N–H and O–H groups in total. The van der Waals surface area contributed by atoms with Crippen LogP contribution in [0.15, 0.2) is 0 Å². The van der Waals surface area contributed by atoms with Gasteiger partial charge in [-0.05, 0) is 13.8 Å². The van der Waals surface area contributed by atoms with Gasteiger partial charge in [0.1, 0.15) is 18.9 Å². The van der Waals surface area contributed by atoms with E-state index in [-0.39, 0.29) is 0 Å². The van der Waals surface area contributed by atoms with Gasteiger partial charge in [0.2, 0.25) is 0 Å². The fraction of sp³-hybridized carbons (Fsp3) is 1.00. The second-order valence-electron chi connectivity index (χ2n) is 4.36. The Morgan fingerprint density at radius 1 is 1.33 bits per heavy atom. The molecule has 0 aliphatic carbocycles. The summed E-state index contributed by atoms with van der Waals surface area (Å²) in [5.41, 5.74) is -1.83. The van der Waals surface area contributed by atoms with Crippen LogP contribution in [0, 0.1) is 0 Å². The number of aliphatic hydroxyl groups excluding tert-OH is 1. The van der Waals surface area contributed by atoms with E-state index < -0.39 is 43.2 Å². The van der Waals surface area contributed by atoms with Crippen molar-refractivity contribution in [1.82, 2.24) is 0 Å². The van der Waals surface area contributed by atoms with Crippen LogP contribution in [0.1, 0.15) is 13.8 Å². The van der Waals surface area contributed by atoms with E-state index in [1.807, 2.05) is 0 Å². The van der Waals surface area contributed by atoms with Gasteiger partial charge in [-0.15, -0.1) is 0 Å². The van der Waals surface area contributed by atoms with Crippen LogP contribution in [0.3, 0.4) is 0 Å². The maximum Gasteiger partial charge on any atom is 0.190 e. The van der Waals surface area contributed by atoms with Gasteiger partial charge in [-0.3, -0.25) is 0 Å². The van der Waals surface area contributed by atoms with E-state index in [0.717, 1.165) is 0 Å². The first-order valence-corrected chi connectivity index (χ1v) is 4.83. The van der Waals surface area contributed by atoms with E-state index in [1.54, 1.807) is 13.8 Å². The fourth-order valence-electron chi connectivity index (χ4n) is 1.99. The molecule has 4 atom stereocenters. The summed E-state index contributed by atoms with van der Waals surface area (Å²) in [5, 5.41) is 19.0. The number of halogens is 1. The molecule has 0 aromatic heterocycles. The predicted octanol–water partition coefficient (Wildman–Crippen LogP) is -0.444. The fourth-order valence-corrected chi connectivity index (χ4v) is 1.99. The zero-order valence-electron chi connectivity index (χ0n) is 8.64. The first kappa shape index (κ1) is 11.2. The Morgan fingerprint density at radius 2 is 2.00 bits per heavy atom. The Balaban J connectivity index is 2.22. The molecule has 0 bridgehead atoms. The Labute approximate surface area is 86.7 Å². The minimum absolute atomic E-state index is 0.472. The van der Waals surface area contributed by atoms with Crippen molar-refractivity contribution >= 4 is 0 Å². The van der Waals surface area contributed by atoms with Gasteiger partial charge in [-0.2, -0.15) is 0 Å². The molecule has 0 aromatic rings. The average molecular weight is 222 g/mol. The van der Waals surface area contributed by atoms with E-state index >= 15 is 0 Å². The van der Waals surface area contributed by atoms with E-state index in [9.17, 15) is 9.50 Å². The quantitative estimate of drug-likeness (QED) is 0.662. The Morgan fingerprint density at radius 3 is 2.53 bits per heavy atom. The second-order valence-corrected chi connectivity index (χ2v) is 4.36. The molecule has 2 fully saturated rings. The molecule has 2 aliphatic heterocycles. The summed E-state index contributed by atoms with van der Waals surface area (Å²) >= 11 is 0. The van der Waals surface area contributed by atoms with Crippen LogP contribution < -0.4 is 0 Å². The lowest BCUT2D eigenvalue weighted by Crippen LogP contribution is -2.52. The van der Waals surface area contributed by atoms with Crippen molar-refractivity contribution in [2.45, 2.75) is 43.7 Å². The molecule has 2 aliphatic rings. The van der Waals surface area contributed by atoms with Crippen molar-refractivity contribution in [1.29, 1.82) is 0 Å². The molecule has 0 spiro atoms. The van der Waals surface area contributed by atoms with E-state index in [1.165, 1.54) is 0 Å². The van der Waals surface area contributed by atoms with Crippen LogP contribution >= 0.6 is 0 Å². The van der Waals surface area contributed by atoms with E-state index in [2.05, 4.69) is 0 Å². The first-order chi connectivity index (χ1) is 6.93. The maximum absolute atomic E-state index is 12.8. The highest BCUT2D eigenvalue weighted by Crippen LogP contribution is 2.43. The highest BCUT2D eigenvalue weighted by molar-refractivity contribution is 5.04. The molecule has 0 radical (unpaired) electrons. The van der Waals surface area contributed by atoms with Gasteiger partial charge < -0.3 is 24.4 Å². The van der Waals surface area contributed by atoms with Crippen LogP contribution in [0.25, 0.3) is 0 Å². The van der Waals surface area contributed by atoms with Crippen molar-refractivity contribution in [2.24, 2.45) is 0 Å². The average Bonchev–Trinajstić information content (AvgIpc) is 2.60. The minimum atomic E-state index is -1.83. The zero-order valence-corrected chi connectivity index (χ0v) is 8.64. The van der Waals surface area contributed by atoms with Crippen LogP contribution in [-0.4, -0.2) is 53.4 Å². The van der Waals surface area contributed by atoms with Crippen molar-refractivity contribution in [3.05, 3.63) is 0 Å². The molecule has 5 nitrogen and oxygen atoms in total. The second kappa shape index (κ2) is 3.36. The van der Waals surface area contributed by atoms with Crippen LogP contribution in [0.2, 0.25) is 0 Å². The number of hydrogen-bond donors (Lipinski definition) is 2. The SMILES string of the molecule is CC1(C)O[C@H]2O[C@H](CO)[C@](O)(CF)[C@H]2O1. The van der Waals surface area contributed by atoms with Crippen molar-refractivity contribution < 1.29 is 28.8 Å². The number of alkyl halides is 1. The molecule has 2 rings (SSSR count). The zero-order chi connectivity index (χ0) is 11.3. The summed E-state index contributed by atoms with van der Waals surface area (Å²) in [6.45, 7) is 1.79. The number of aliphatic hydroxyl groups is 2. The summed E-state index contributed by atoms with van der Waals surface area (Å²) in [6, 6.07) is 0. The third kappa shape index (κ3) is 1.57. The third-order valence-corrected chi connectivity index (χ3v) is 2.79. The molecule has 0 aromatic carbocycles. The standard InChI is InChI=1S/C9H15FO5/c1-8(2)14-6-7(15-8)13-5(3-11)9(6,12)4-10/h5-7,11-12H,3-4H2,1-2H3/t5-,6+,7-,9-/m1/s1. The van der Waals surface area contributed by atoms with E-state index in [4.69, 9.17) is 19.3 Å². The smallest absolute Gasteiger partial charge is 0.190 e. The van der Waals surface area contributed by atoms with Gasteiger partial charge in [0.05, 0.1) is 6.61 Å². The maximum atomic E-state index is 12.8. The number of ether oxygens (including phenoxy) is 3. The molecule has 6 heteroatoms. The lowest BCUT2D eigenvalue weighted by molar-refractivity contribution is -0.235. The summed E-state index contributed by atoms with van der Waals surface area (Å²) in [6.07, 6.45) is -2.72. The normalized spacial score (nSPS) is 48.2. The molecule has 0 unspecified atom stereocenters. The molecule has 2 saturated heterocycles. The third-order valence-electron chi connectivity index (χ3n) is 2.79. The van der Waals surface area contributed by atoms with Crippen molar-refractivity contribution in [2.75, 3.05) is 13.3 Å². The number of fused-ring (bicyclic) bond motifs is 1. The Kier molecular flexibility index (Phi) is 2.51. The molecular weight excluding hydrogens is 207 g/mol. The monoisotopic (exact) mass is 222 g/mol. The van der Waals surface area contributed by atoms with Crippen molar-refractivity contribution in [3.8, 4) is 0 Å². The predicted molar refractivity (Wildman–Crippen MR) is 46.7 cm³/mol. The summed E-state index contributed by atoms with van der Waals surface area (Å²) in [4.78, 5) is 0. The molecular formula is C9H15FO5. The highest BCUT2D eigenvalue weighted by atomic mass is 19.1. The lowest BCUT2D eigenvalue weighted by atomic mass is 9.94. The van der Waals surface area contributed by atoms with Crippen LogP contribution in [0.4, 0.5) is 4.39 Å². The van der Waals surface area contributed by atoms with Gasteiger partial charge in [-0.1, -0.05) is 0 Å². The van der Waals surface area contributed by atoms with Crippen molar-refractivity contribution in [3.63, 3.8) is 0 Å². The van der Waals surface area contributed by atoms with Gasteiger partial charge in [0.25, 0.3) is 0 Å². The van der Waals surface area contributed by atoms with Gasteiger partial charge in [-0.25, -0.2) is 4.39 Å². The summed E-state index contributed by atoms with van der Waals surface area (Å²) in [7, 11) is 0. The summed E-state index contributed by atoms with van der Waals surface area (Å²) < 4.78 is 28.7. The van der Waals surface area contributed by atoms with Crippen LogP contribution in [0.5, 0.6) is 0 Å². The minimum Gasteiger partial charge on any atom is -0.394 e. The Bertz CT molecular complexity index is 259. The lowest BCUT2D eigenvalue weighted by Gasteiger charge is -2.30. The molecule has 0 amide bonds. The Hall–Kier alpha value is -0.270. The largest absolute Gasteiger partial charge is 0.394 e. The molecule has 15 heavy (non-hydrogen) atoms.